The molecule has 33 heavy (non-hydrogen) atoms. The lowest BCUT2D eigenvalue weighted by Crippen LogP contribution is -2.12. The first kappa shape index (κ1) is 22.8. The van der Waals surface area contributed by atoms with Crippen molar-refractivity contribution in [3.8, 4) is 22.3 Å². The van der Waals surface area contributed by atoms with E-state index in [2.05, 4.69) is 86.3 Å². The fraction of sp³-hybridized carbons (Fsp3) is 0.233. The molecular formula is C30H31NO2. The molecule has 0 fully saturated rings. The van der Waals surface area contributed by atoms with E-state index in [1.165, 1.54) is 27.5 Å². The van der Waals surface area contributed by atoms with Gasteiger partial charge in [-0.15, -0.1) is 0 Å². The van der Waals surface area contributed by atoms with Gasteiger partial charge in [0.1, 0.15) is 0 Å². The molecule has 0 unspecified atom stereocenters. The van der Waals surface area contributed by atoms with Crippen molar-refractivity contribution in [3.05, 3.63) is 95.6 Å². The summed E-state index contributed by atoms with van der Waals surface area (Å²) in [4.78, 5) is 13.6. The van der Waals surface area contributed by atoms with Gasteiger partial charge in [-0.1, -0.05) is 81.4 Å². The van der Waals surface area contributed by atoms with Crippen LogP contribution in [0, 0.1) is 0 Å². The Morgan fingerprint density at radius 1 is 0.818 bits per heavy atom. The molecule has 0 spiro atoms. The van der Waals surface area contributed by atoms with Crippen LogP contribution in [0.4, 0.5) is 0 Å². The summed E-state index contributed by atoms with van der Waals surface area (Å²) in [6, 6.07) is 27.2. The summed E-state index contributed by atoms with van der Waals surface area (Å²) >= 11 is 0. The second-order valence-corrected chi connectivity index (χ2v) is 9.98. The van der Waals surface area contributed by atoms with Crippen LogP contribution in [0.1, 0.15) is 42.3 Å². The normalized spacial score (nSPS) is 11.8. The number of carbonyl (C=O) groups is 1. The number of hydrogen-bond donors (Lipinski definition) is 1. The number of fused-ring (bicyclic) bond motifs is 1. The van der Waals surface area contributed by atoms with Crippen LogP contribution < -0.4 is 0 Å². The highest BCUT2D eigenvalue weighted by atomic mass is 16.4. The van der Waals surface area contributed by atoms with Crippen molar-refractivity contribution in [1.29, 1.82) is 0 Å². The second-order valence-electron chi connectivity index (χ2n) is 9.98. The zero-order valence-electron chi connectivity index (χ0n) is 20.0. The fourth-order valence-electron chi connectivity index (χ4n) is 4.33. The molecular weight excluding hydrogens is 406 g/mol. The predicted octanol–water partition coefficient (Wildman–Crippen LogP) is 7.23. The van der Waals surface area contributed by atoms with E-state index in [0.717, 1.165) is 16.7 Å². The van der Waals surface area contributed by atoms with E-state index in [0.29, 0.717) is 12.1 Å². The minimum Gasteiger partial charge on any atom is -0.478 e. The minimum atomic E-state index is -0.901. The van der Waals surface area contributed by atoms with Crippen molar-refractivity contribution >= 4 is 16.7 Å². The van der Waals surface area contributed by atoms with E-state index in [9.17, 15) is 9.90 Å². The summed E-state index contributed by atoms with van der Waals surface area (Å²) in [5.74, 6) is -0.901. The third kappa shape index (κ3) is 4.84. The quantitative estimate of drug-likeness (QED) is 0.358. The van der Waals surface area contributed by atoms with Gasteiger partial charge in [-0.2, -0.15) is 0 Å². The van der Waals surface area contributed by atoms with Gasteiger partial charge in [-0.05, 0) is 81.9 Å². The van der Waals surface area contributed by atoms with Gasteiger partial charge in [0.05, 0.1) is 5.56 Å². The van der Waals surface area contributed by atoms with Crippen LogP contribution in [0.3, 0.4) is 0 Å². The van der Waals surface area contributed by atoms with E-state index < -0.39 is 5.97 Å². The van der Waals surface area contributed by atoms with Crippen LogP contribution in [-0.4, -0.2) is 30.1 Å². The molecule has 4 aromatic rings. The Morgan fingerprint density at radius 3 is 2.15 bits per heavy atom. The molecule has 0 aliphatic rings. The monoisotopic (exact) mass is 437 g/mol. The smallest absolute Gasteiger partial charge is 0.335 e. The number of aromatic carboxylic acids is 1. The summed E-state index contributed by atoms with van der Waals surface area (Å²) < 4.78 is 0. The highest BCUT2D eigenvalue weighted by Gasteiger charge is 2.15. The molecule has 0 saturated carbocycles. The Morgan fingerprint density at radius 2 is 1.52 bits per heavy atom. The average molecular weight is 438 g/mol. The number of carboxylic acid groups (broad SMARTS) is 1. The molecule has 0 bridgehead atoms. The largest absolute Gasteiger partial charge is 0.478 e. The van der Waals surface area contributed by atoms with Crippen molar-refractivity contribution in [2.45, 2.75) is 32.7 Å². The van der Waals surface area contributed by atoms with Crippen molar-refractivity contribution in [2.24, 2.45) is 0 Å². The van der Waals surface area contributed by atoms with Crippen molar-refractivity contribution in [3.63, 3.8) is 0 Å². The first-order chi connectivity index (χ1) is 15.6. The first-order valence-electron chi connectivity index (χ1n) is 11.3. The van der Waals surface area contributed by atoms with Crippen LogP contribution in [0.15, 0.2) is 78.9 Å². The van der Waals surface area contributed by atoms with Gasteiger partial charge >= 0.3 is 5.97 Å². The highest BCUT2D eigenvalue weighted by molar-refractivity contribution is 5.99. The molecule has 3 heteroatoms. The Hall–Kier alpha value is -3.43. The molecule has 1 N–H and O–H groups in total. The van der Waals surface area contributed by atoms with Crippen LogP contribution >= 0.6 is 0 Å². The lowest BCUT2D eigenvalue weighted by Gasteiger charge is -2.19. The second kappa shape index (κ2) is 8.84. The number of benzene rings is 4. The summed E-state index contributed by atoms with van der Waals surface area (Å²) in [6.07, 6.45) is 0. The third-order valence-electron chi connectivity index (χ3n) is 6.09. The molecule has 0 radical (unpaired) electrons. The summed E-state index contributed by atoms with van der Waals surface area (Å²) in [6.45, 7) is 7.37. The Kier molecular flexibility index (Phi) is 6.09. The minimum absolute atomic E-state index is 0.132. The number of rotatable bonds is 5. The SMILES string of the molecule is CN(C)Cc1cc(C(=O)O)ccc1-c1ccc2c(-c3ccc(C(C)(C)C)cc3)cccc2c1. The molecule has 0 amide bonds. The molecule has 0 aliphatic carbocycles. The van der Waals surface area contributed by atoms with Crippen LogP contribution in [0.25, 0.3) is 33.0 Å². The van der Waals surface area contributed by atoms with E-state index in [4.69, 9.17) is 0 Å². The zero-order chi connectivity index (χ0) is 23.8. The average Bonchev–Trinajstić information content (AvgIpc) is 2.77. The number of carboxylic acids is 1. The van der Waals surface area contributed by atoms with Crippen LogP contribution in [-0.2, 0) is 12.0 Å². The van der Waals surface area contributed by atoms with Gasteiger partial charge in [-0.3, -0.25) is 0 Å². The molecule has 4 rings (SSSR count). The Bertz CT molecular complexity index is 1310. The third-order valence-corrected chi connectivity index (χ3v) is 6.09. The van der Waals surface area contributed by atoms with Crippen LogP contribution in [0.5, 0.6) is 0 Å². The van der Waals surface area contributed by atoms with Crippen molar-refractivity contribution < 1.29 is 9.90 Å². The zero-order valence-corrected chi connectivity index (χ0v) is 20.0. The van der Waals surface area contributed by atoms with Gasteiger partial charge < -0.3 is 10.0 Å². The number of hydrogen-bond acceptors (Lipinski definition) is 2. The van der Waals surface area contributed by atoms with E-state index >= 15 is 0 Å². The maximum Gasteiger partial charge on any atom is 0.335 e. The standard InChI is InChI=1S/C30H31NO2/c1-30(2,3)25-13-9-20(10-14-25)27-8-6-7-21-17-22(11-16-28(21)27)26-15-12-23(29(32)33)18-24(26)19-31(4)5/h6-18H,19H2,1-5H3,(H,32,33). The molecule has 0 atom stereocenters. The van der Waals surface area contributed by atoms with E-state index in [1.54, 1.807) is 12.1 Å². The van der Waals surface area contributed by atoms with Crippen molar-refractivity contribution in [2.75, 3.05) is 14.1 Å². The lowest BCUT2D eigenvalue weighted by atomic mass is 9.86. The van der Waals surface area contributed by atoms with E-state index in [1.807, 2.05) is 20.2 Å². The van der Waals surface area contributed by atoms with Gasteiger partial charge in [0.25, 0.3) is 0 Å². The van der Waals surface area contributed by atoms with Gasteiger partial charge in [0.2, 0.25) is 0 Å². The number of nitrogens with zero attached hydrogens (tertiary/aromatic N) is 1. The molecule has 3 nitrogen and oxygen atoms in total. The topological polar surface area (TPSA) is 40.5 Å². The summed E-state index contributed by atoms with van der Waals surface area (Å²) in [5, 5.41) is 11.8. The molecule has 0 aromatic heterocycles. The van der Waals surface area contributed by atoms with Gasteiger partial charge in [-0.25, -0.2) is 4.79 Å². The highest BCUT2D eigenvalue weighted by Crippen LogP contribution is 2.34. The molecule has 0 heterocycles. The maximum atomic E-state index is 11.5. The predicted molar refractivity (Wildman–Crippen MR) is 138 cm³/mol. The Balaban J connectivity index is 1.79. The van der Waals surface area contributed by atoms with Crippen molar-refractivity contribution in [1.82, 2.24) is 4.90 Å². The summed E-state index contributed by atoms with van der Waals surface area (Å²) in [5.41, 5.74) is 7.37. The van der Waals surface area contributed by atoms with Crippen LogP contribution in [0.2, 0.25) is 0 Å². The Labute approximate surface area is 196 Å². The lowest BCUT2D eigenvalue weighted by molar-refractivity contribution is 0.0696. The fourth-order valence-corrected chi connectivity index (χ4v) is 4.33. The maximum absolute atomic E-state index is 11.5. The molecule has 0 aliphatic heterocycles. The van der Waals surface area contributed by atoms with Gasteiger partial charge in [0.15, 0.2) is 0 Å². The first-order valence-corrected chi connectivity index (χ1v) is 11.3. The summed E-state index contributed by atoms with van der Waals surface area (Å²) in [7, 11) is 3.99. The molecule has 4 aromatic carbocycles. The molecule has 168 valence electrons. The van der Waals surface area contributed by atoms with Gasteiger partial charge in [0, 0.05) is 6.54 Å². The molecule has 0 saturated heterocycles. The van der Waals surface area contributed by atoms with E-state index in [-0.39, 0.29) is 5.41 Å².